The molecule has 2 atom stereocenters. The van der Waals surface area contributed by atoms with Gasteiger partial charge in [0.05, 0.1) is 0 Å². The van der Waals surface area contributed by atoms with E-state index in [0.717, 1.165) is 17.0 Å². The largest absolute Gasteiger partial charge is 0.350 e. The average Bonchev–Trinajstić information content (AvgIpc) is 3.41. The highest BCUT2D eigenvalue weighted by atomic mass is 15.3. The zero-order chi connectivity index (χ0) is 34.1. The van der Waals surface area contributed by atoms with E-state index in [-0.39, 0.29) is 17.7 Å². The van der Waals surface area contributed by atoms with Gasteiger partial charge in [0.25, 0.3) is 0 Å². The molecule has 8 aromatic carbocycles. The van der Waals surface area contributed by atoms with Crippen LogP contribution < -0.4 is 10.6 Å². The summed E-state index contributed by atoms with van der Waals surface area (Å²) in [5.74, 6) is 0.884. The third-order valence-electron chi connectivity index (χ3n) is 11.1. The lowest BCUT2D eigenvalue weighted by Crippen LogP contribution is -2.44. The highest BCUT2D eigenvalue weighted by Gasteiger charge is 2.37. The Kier molecular flexibility index (Phi) is 6.74. The molecule has 1 heterocycles. The van der Waals surface area contributed by atoms with Crippen LogP contribution in [0.15, 0.2) is 169 Å². The lowest BCUT2D eigenvalue weighted by molar-refractivity contribution is 0.409. The number of hydrogen-bond acceptors (Lipinski definition) is 3. The summed E-state index contributed by atoms with van der Waals surface area (Å²) in [6.45, 7) is 4.73. The first kappa shape index (κ1) is 29.8. The van der Waals surface area contributed by atoms with Gasteiger partial charge in [-0.05, 0) is 101 Å². The lowest BCUT2D eigenvalue weighted by Gasteiger charge is -2.32. The van der Waals surface area contributed by atoms with Crippen molar-refractivity contribution in [2.75, 3.05) is 0 Å². The van der Waals surface area contributed by atoms with Crippen molar-refractivity contribution < 1.29 is 0 Å². The van der Waals surface area contributed by atoms with Crippen LogP contribution in [0.1, 0.15) is 54.0 Å². The van der Waals surface area contributed by atoms with Crippen molar-refractivity contribution in [3.8, 4) is 22.3 Å². The maximum Gasteiger partial charge on any atom is 0.131 e. The molecule has 2 N–H and O–H groups in total. The highest BCUT2D eigenvalue weighted by Crippen LogP contribution is 2.54. The second-order valence-electron chi connectivity index (χ2n) is 14.5. The second kappa shape index (κ2) is 11.5. The van der Waals surface area contributed by atoms with E-state index in [2.05, 4.69) is 188 Å². The zero-order valence-corrected chi connectivity index (χ0v) is 28.7. The Morgan fingerprint density at radius 1 is 0.490 bits per heavy atom. The Bertz CT molecular complexity index is 2700. The van der Waals surface area contributed by atoms with Gasteiger partial charge in [-0.25, -0.2) is 4.99 Å². The van der Waals surface area contributed by atoms with Crippen molar-refractivity contribution in [3.63, 3.8) is 0 Å². The molecule has 0 saturated heterocycles. The summed E-state index contributed by atoms with van der Waals surface area (Å²) < 4.78 is 0. The van der Waals surface area contributed by atoms with Crippen molar-refractivity contribution in [2.24, 2.45) is 4.99 Å². The minimum atomic E-state index is -0.268. The number of fused-ring (bicyclic) bond motifs is 6. The fraction of sp³-hybridized carbons (Fsp3) is 0.104. The van der Waals surface area contributed by atoms with E-state index < -0.39 is 0 Å². The first-order valence-corrected chi connectivity index (χ1v) is 17.9. The Hall–Kier alpha value is -6.03. The van der Waals surface area contributed by atoms with Crippen LogP contribution in [-0.2, 0) is 5.41 Å². The molecule has 3 heteroatoms. The molecule has 0 saturated carbocycles. The standard InChI is InChI=1S/C48H37N3/c1-48(2)41-21-10-9-20-40(41)44-42(48)29-34-16-7-8-19-39(34)43(44)35-17-11-18-36(28-35)45-49-46(37-24-22-30-12-3-5-14-32(30)26-37)51-47(50-45)38-25-23-31-13-4-6-15-33(31)27-38/h3-29,45-46,49H,1-2H3,(H,50,51). The summed E-state index contributed by atoms with van der Waals surface area (Å²) in [7, 11) is 0. The number of aliphatic imine (C=N–C) groups is 1. The topological polar surface area (TPSA) is 36.4 Å². The van der Waals surface area contributed by atoms with Crippen LogP contribution >= 0.6 is 0 Å². The number of amidine groups is 1. The SMILES string of the molecule is CC1(C)c2ccccc2-c2c1cc1ccccc1c2-c1cccc(C2N=C(c3ccc4ccccc4c3)NC(c3ccc4ccccc4c3)N2)c1. The van der Waals surface area contributed by atoms with Crippen molar-refractivity contribution >= 4 is 38.2 Å². The average molecular weight is 656 g/mol. The molecular formula is C48H37N3. The minimum Gasteiger partial charge on any atom is -0.350 e. The van der Waals surface area contributed by atoms with Crippen LogP contribution in [0.5, 0.6) is 0 Å². The predicted octanol–water partition coefficient (Wildman–Crippen LogP) is 11.5. The quantitative estimate of drug-likeness (QED) is 0.198. The van der Waals surface area contributed by atoms with Crippen molar-refractivity contribution in [2.45, 2.75) is 31.6 Å². The van der Waals surface area contributed by atoms with Crippen molar-refractivity contribution in [3.05, 3.63) is 192 Å². The predicted molar refractivity (Wildman–Crippen MR) is 213 cm³/mol. The van der Waals surface area contributed by atoms with E-state index >= 15 is 0 Å². The molecule has 2 aliphatic rings. The molecule has 51 heavy (non-hydrogen) atoms. The minimum absolute atomic E-state index is 0.0922. The first-order chi connectivity index (χ1) is 25.0. The van der Waals surface area contributed by atoms with Gasteiger partial charge < -0.3 is 5.32 Å². The van der Waals surface area contributed by atoms with E-state index in [0.29, 0.717) is 0 Å². The molecular weight excluding hydrogens is 619 g/mol. The summed E-state index contributed by atoms with van der Waals surface area (Å²) in [4.78, 5) is 5.39. The summed E-state index contributed by atoms with van der Waals surface area (Å²) in [5, 5.41) is 15.1. The summed E-state index contributed by atoms with van der Waals surface area (Å²) in [6, 6.07) is 59.7. The molecule has 10 rings (SSSR count). The molecule has 244 valence electrons. The van der Waals surface area contributed by atoms with Crippen LogP contribution in [-0.4, -0.2) is 5.84 Å². The number of rotatable bonds is 4. The molecule has 0 bridgehead atoms. The first-order valence-electron chi connectivity index (χ1n) is 17.9. The number of nitrogens with zero attached hydrogens (tertiary/aromatic N) is 1. The molecule has 1 aliphatic carbocycles. The molecule has 0 aromatic heterocycles. The molecule has 0 fully saturated rings. The summed E-state index contributed by atoms with van der Waals surface area (Å²) in [5.41, 5.74) is 11.2. The molecule has 3 nitrogen and oxygen atoms in total. The zero-order valence-electron chi connectivity index (χ0n) is 28.7. The van der Waals surface area contributed by atoms with Gasteiger partial charge in [-0.3, -0.25) is 5.32 Å². The maximum absolute atomic E-state index is 5.39. The molecule has 2 unspecified atom stereocenters. The smallest absolute Gasteiger partial charge is 0.131 e. The van der Waals surface area contributed by atoms with Gasteiger partial charge in [0.15, 0.2) is 0 Å². The highest BCUT2D eigenvalue weighted by molar-refractivity contribution is 6.08. The molecule has 1 aliphatic heterocycles. The number of hydrogen-bond donors (Lipinski definition) is 2. The van der Waals surface area contributed by atoms with E-state index in [9.17, 15) is 0 Å². The third-order valence-corrected chi connectivity index (χ3v) is 11.1. The molecule has 0 amide bonds. The maximum atomic E-state index is 5.39. The molecule has 0 radical (unpaired) electrons. The molecule has 8 aromatic rings. The van der Waals surface area contributed by atoms with Gasteiger partial charge in [-0.15, -0.1) is 0 Å². The van der Waals surface area contributed by atoms with Crippen LogP contribution in [0.25, 0.3) is 54.6 Å². The van der Waals surface area contributed by atoms with Gasteiger partial charge >= 0.3 is 0 Å². The van der Waals surface area contributed by atoms with Crippen LogP contribution in [0, 0.1) is 0 Å². The number of nitrogens with one attached hydrogen (secondary N) is 2. The Morgan fingerprint density at radius 2 is 1.18 bits per heavy atom. The van der Waals surface area contributed by atoms with E-state index in [1.165, 1.54) is 71.3 Å². The second-order valence-corrected chi connectivity index (χ2v) is 14.5. The van der Waals surface area contributed by atoms with Gasteiger partial charge in [0.1, 0.15) is 18.2 Å². The van der Waals surface area contributed by atoms with Crippen LogP contribution in [0.4, 0.5) is 0 Å². The monoisotopic (exact) mass is 655 g/mol. The van der Waals surface area contributed by atoms with Crippen LogP contribution in [0.3, 0.4) is 0 Å². The van der Waals surface area contributed by atoms with Crippen molar-refractivity contribution in [1.82, 2.24) is 10.6 Å². The Balaban J connectivity index is 1.14. The molecule has 0 spiro atoms. The van der Waals surface area contributed by atoms with Crippen molar-refractivity contribution in [1.29, 1.82) is 0 Å². The van der Waals surface area contributed by atoms with Gasteiger partial charge in [-0.1, -0.05) is 153 Å². The fourth-order valence-corrected chi connectivity index (χ4v) is 8.45. The van der Waals surface area contributed by atoms with Gasteiger partial charge in [0, 0.05) is 11.0 Å². The fourth-order valence-electron chi connectivity index (χ4n) is 8.45. The van der Waals surface area contributed by atoms with Crippen LogP contribution in [0.2, 0.25) is 0 Å². The Labute approximate surface area is 298 Å². The van der Waals surface area contributed by atoms with E-state index in [1.54, 1.807) is 0 Å². The van der Waals surface area contributed by atoms with E-state index in [1.807, 2.05) is 0 Å². The lowest BCUT2D eigenvalue weighted by atomic mass is 9.80. The van der Waals surface area contributed by atoms with Gasteiger partial charge in [0.2, 0.25) is 0 Å². The van der Waals surface area contributed by atoms with Gasteiger partial charge in [-0.2, -0.15) is 0 Å². The summed E-state index contributed by atoms with van der Waals surface area (Å²) >= 11 is 0. The number of benzene rings is 8. The van der Waals surface area contributed by atoms with E-state index in [4.69, 9.17) is 4.99 Å². The summed E-state index contributed by atoms with van der Waals surface area (Å²) in [6.07, 6.45) is -0.410. The Morgan fingerprint density at radius 3 is 2.00 bits per heavy atom. The normalized spacial score (nSPS) is 17.6. The third kappa shape index (κ3) is 4.88.